The Labute approximate surface area is 79.4 Å². The van der Waals surface area contributed by atoms with Crippen LogP contribution >= 0.6 is 0 Å². The zero-order valence-electron chi connectivity index (χ0n) is 8.46. The average Bonchev–Trinajstić information content (AvgIpc) is 2.01. The van der Waals surface area contributed by atoms with Gasteiger partial charge in [0.2, 0.25) is 0 Å². The van der Waals surface area contributed by atoms with Crippen LogP contribution in [0.3, 0.4) is 0 Å². The summed E-state index contributed by atoms with van der Waals surface area (Å²) in [7, 11) is 0. The zero-order chi connectivity index (χ0) is 9.90. The summed E-state index contributed by atoms with van der Waals surface area (Å²) in [6.45, 7) is 6.86. The van der Waals surface area contributed by atoms with Crippen LogP contribution in [0.15, 0.2) is 18.3 Å². The van der Waals surface area contributed by atoms with Crippen LogP contribution in [0, 0.1) is 0 Å². The second-order valence-corrected chi connectivity index (χ2v) is 4.13. The first-order valence-electron chi connectivity index (χ1n) is 4.44. The van der Waals surface area contributed by atoms with Gasteiger partial charge in [-0.15, -0.1) is 0 Å². The molecule has 0 spiro atoms. The number of anilines is 1. The van der Waals surface area contributed by atoms with Crippen LogP contribution in [-0.4, -0.2) is 10.5 Å². The maximum Gasteiger partial charge on any atom is 0.126 e. The highest BCUT2D eigenvalue weighted by Gasteiger charge is 2.09. The summed E-state index contributed by atoms with van der Waals surface area (Å²) in [6.07, 6.45) is 1.77. The minimum Gasteiger partial charge on any atom is -0.365 e. The summed E-state index contributed by atoms with van der Waals surface area (Å²) in [5, 5.41) is 3.29. The van der Waals surface area contributed by atoms with Gasteiger partial charge in [-0.1, -0.05) is 0 Å². The molecular formula is C10H17N3. The van der Waals surface area contributed by atoms with Gasteiger partial charge in [0.1, 0.15) is 5.82 Å². The smallest absolute Gasteiger partial charge is 0.126 e. The molecule has 3 N–H and O–H groups in total. The van der Waals surface area contributed by atoms with Gasteiger partial charge in [0.05, 0.1) is 0 Å². The van der Waals surface area contributed by atoms with Crippen molar-refractivity contribution in [2.75, 3.05) is 5.32 Å². The molecule has 0 saturated carbocycles. The van der Waals surface area contributed by atoms with Crippen LogP contribution in [0.2, 0.25) is 0 Å². The SMILES string of the molecule is CC(C)(C)Nc1cc(CN)ccn1. The zero-order valence-corrected chi connectivity index (χ0v) is 8.46. The van der Waals surface area contributed by atoms with Gasteiger partial charge in [0.15, 0.2) is 0 Å². The molecular weight excluding hydrogens is 162 g/mol. The molecule has 0 aliphatic heterocycles. The molecule has 1 aromatic heterocycles. The number of hydrogen-bond donors (Lipinski definition) is 2. The van der Waals surface area contributed by atoms with Crippen molar-refractivity contribution in [2.45, 2.75) is 32.9 Å². The van der Waals surface area contributed by atoms with Gasteiger partial charge in [-0.2, -0.15) is 0 Å². The number of nitrogens with one attached hydrogen (secondary N) is 1. The van der Waals surface area contributed by atoms with Crippen LogP contribution in [0.1, 0.15) is 26.3 Å². The first kappa shape index (κ1) is 9.99. The molecule has 0 amide bonds. The minimum atomic E-state index is 0.0419. The van der Waals surface area contributed by atoms with Gasteiger partial charge in [-0.3, -0.25) is 0 Å². The summed E-state index contributed by atoms with van der Waals surface area (Å²) < 4.78 is 0. The standard InChI is InChI=1S/C10H17N3/c1-10(2,3)13-9-6-8(7-11)4-5-12-9/h4-6H,7,11H2,1-3H3,(H,12,13). The van der Waals surface area contributed by atoms with Gasteiger partial charge in [-0.25, -0.2) is 4.98 Å². The van der Waals surface area contributed by atoms with Gasteiger partial charge >= 0.3 is 0 Å². The summed E-state index contributed by atoms with van der Waals surface area (Å²) in [5.41, 5.74) is 6.67. The van der Waals surface area contributed by atoms with E-state index in [1.807, 2.05) is 12.1 Å². The van der Waals surface area contributed by atoms with Crippen LogP contribution in [0.5, 0.6) is 0 Å². The molecule has 0 atom stereocenters. The molecule has 1 rings (SSSR count). The maximum absolute atomic E-state index is 5.53. The van der Waals surface area contributed by atoms with E-state index >= 15 is 0 Å². The van der Waals surface area contributed by atoms with E-state index in [1.54, 1.807) is 6.20 Å². The lowest BCUT2D eigenvalue weighted by Crippen LogP contribution is -2.26. The third-order valence-electron chi connectivity index (χ3n) is 1.56. The Balaban J connectivity index is 2.78. The first-order valence-corrected chi connectivity index (χ1v) is 4.44. The lowest BCUT2D eigenvalue weighted by atomic mass is 10.1. The van der Waals surface area contributed by atoms with Gasteiger partial charge < -0.3 is 11.1 Å². The van der Waals surface area contributed by atoms with Gasteiger partial charge in [0, 0.05) is 18.3 Å². The average molecular weight is 179 g/mol. The van der Waals surface area contributed by atoms with Crippen molar-refractivity contribution in [3.05, 3.63) is 23.9 Å². The quantitative estimate of drug-likeness (QED) is 0.727. The topological polar surface area (TPSA) is 50.9 Å². The van der Waals surface area contributed by atoms with E-state index < -0.39 is 0 Å². The molecule has 1 heterocycles. The number of aromatic nitrogens is 1. The van der Waals surface area contributed by atoms with E-state index in [-0.39, 0.29) is 5.54 Å². The van der Waals surface area contributed by atoms with E-state index in [9.17, 15) is 0 Å². The van der Waals surface area contributed by atoms with Crippen molar-refractivity contribution in [1.82, 2.24) is 4.98 Å². The third kappa shape index (κ3) is 3.42. The Kier molecular flexibility index (Phi) is 2.88. The fourth-order valence-electron chi connectivity index (χ4n) is 1.05. The molecule has 0 aliphatic carbocycles. The summed E-state index contributed by atoms with van der Waals surface area (Å²) in [5.74, 6) is 0.885. The molecule has 0 unspecified atom stereocenters. The van der Waals surface area contributed by atoms with E-state index in [1.165, 1.54) is 0 Å². The molecule has 0 fully saturated rings. The van der Waals surface area contributed by atoms with Crippen LogP contribution < -0.4 is 11.1 Å². The number of pyridine rings is 1. The lowest BCUT2D eigenvalue weighted by Gasteiger charge is -2.21. The van der Waals surface area contributed by atoms with Crippen molar-refractivity contribution < 1.29 is 0 Å². The molecule has 13 heavy (non-hydrogen) atoms. The fraction of sp³-hybridized carbons (Fsp3) is 0.500. The van der Waals surface area contributed by atoms with Gasteiger partial charge in [0.25, 0.3) is 0 Å². The summed E-state index contributed by atoms with van der Waals surface area (Å²) >= 11 is 0. The highest BCUT2D eigenvalue weighted by atomic mass is 15.0. The number of hydrogen-bond acceptors (Lipinski definition) is 3. The van der Waals surface area contributed by atoms with E-state index in [0.29, 0.717) is 6.54 Å². The molecule has 0 saturated heterocycles. The van der Waals surface area contributed by atoms with Crippen molar-refractivity contribution in [2.24, 2.45) is 5.73 Å². The van der Waals surface area contributed by atoms with Crippen molar-refractivity contribution >= 4 is 5.82 Å². The maximum atomic E-state index is 5.53. The fourth-order valence-corrected chi connectivity index (χ4v) is 1.05. The molecule has 0 aliphatic rings. The Morgan fingerprint density at radius 3 is 2.69 bits per heavy atom. The highest BCUT2D eigenvalue weighted by molar-refractivity contribution is 5.39. The predicted molar refractivity (Wildman–Crippen MR) is 55.5 cm³/mol. The number of nitrogens with two attached hydrogens (primary N) is 1. The monoisotopic (exact) mass is 179 g/mol. The lowest BCUT2D eigenvalue weighted by molar-refractivity contribution is 0.630. The van der Waals surface area contributed by atoms with Crippen LogP contribution in [-0.2, 0) is 6.54 Å². The summed E-state index contributed by atoms with van der Waals surface area (Å²) in [6, 6.07) is 3.90. The largest absolute Gasteiger partial charge is 0.365 e. The van der Waals surface area contributed by atoms with Crippen molar-refractivity contribution in [3.63, 3.8) is 0 Å². The molecule has 3 heteroatoms. The third-order valence-corrected chi connectivity index (χ3v) is 1.56. The van der Waals surface area contributed by atoms with Crippen LogP contribution in [0.25, 0.3) is 0 Å². The van der Waals surface area contributed by atoms with Gasteiger partial charge in [-0.05, 0) is 38.5 Å². The van der Waals surface area contributed by atoms with E-state index in [2.05, 4.69) is 31.1 Å². The predicted octanol–water partition coefficient (Wildman–Crippen LogP) is 1.75. The highest BCUT2D eigenvalue weighted by Crippen LogP contribution is 2.12. The van der Waals surface area contributed by atoms with Crippen molar-refractivity contribution in [1.29, 1.82) is 0 Å². The van der Waals surface area contributed by atoms with E-state index in [4.69, 9.17) is 5.73 Å². The second-order valence-electron chi connectivity index (χ2n) is 4.13. The Hall–Kier alpha value is -1.09. The molecule has 1 aromatic rings. The number of rotatable bonds is 2. The molecule has 0 radical (unpaired) electrons. The Morgan fingerprint density at radius 1 is 1.46 bits per heavy atom. The molecule has 72 valence electrons. The Morgan fingerprint density at radius 2 is 2.15 bits per heavy atom. The molecule has 0 aromatic carbocycles. The normalized spacial score (nSPS) is 11.4. The molecule has 3 nitrogen and oxygen atoms in total. The Bertz CT molecular complexity index is 276. The van der Waals surface area contributed by atoms with Crippen LogP contribution in [0.4, 0.5) is 5.82 Å². The minimum absolute atomic E-state index is 0.0419. The molecule has 0 bridgehead atoms. The van der Waals surface area contributed by atoms with Crippen molar-refractivity contribution in [3.8, 4) is 0 Å². The van der Waals surface area contributed by atoms with E-state index in [0.717, 1.165) is 11.4 Å². The number of nitrogens with zero attached hydrogens (tertiary/aromatic N) is 1. The second kappa shape index (κ2) is 3.75. The summed E-state index contributed by atoms with van der Waals surface area (Å²) in [4.78, 5) is 4.21. The first-order chi connectivity index (χ1) is 6.01.